The summed E-state index contributed by atoms with van der Waals surface area (Å²) in [5.41, 5.74) is 1.97. The average Bonchev–Trinajstić information content (AvgIpc) is 2.62. The summed E-state index contributed by atoms with van der Waals surface area (Å²) in [4.78, 5) is 27.7. The van der Waals surface area contributed by atoms with Crippen LogP contribution in [0.25, 0.3) is 0 Å². The lowest BCUT2D eigenvalue weighted by Gasteiger charge is -2.27. The van der Waals surface area contributed by atoms with Crippen LogP contribution in [0.4, 0.5) is 0 Å². The van der Waals surface area contributed by atoms with Crippen LogP contribution in [0.15, 0.2) is 36.4 Å². The Bertz CT molecular complexity index is 835. The van der Waals surface area contributed by atoms with Crippen LogP contribution in [0.3, 0.4) is 0 Å². The maximum atomic E-state index is 12.8. The zero-order valence-electron chi connectivity index (χ0n) is 13.4. The molecule has 1 N–H and O–H groups in total. The maximum absolute atomic E-state index is 12.8. The number of aromatic hydroxyl groups is 1. The predicted octanol–water partition coefficient (Wildman–Crippen LogP) is 3.15. The molecule has 4 rings (SSSR count). The number of hydrogen-bond donors (Lipinski definition) is 1. The monoisotopic (exact) mass is 321 g/mol. The summed E-state index contributed by atoms with van der Waals surface area (Å²) in [6.45, 7) is 2.63. The second-order valence-corrected chi connectivity index (χ2v) is 6.54. The second kappa shape index (κ2) is 5.87. The molecule has 0 aromatic heterocycles. The van der Waals surface area contributed by atoms with E-state index in [1.165, 1.54) is 6.42 Å². The molecule has 4 heteroatoms. The van der Waals surface area contributed by atoms with E-state index in [1.807, 2.05) is 0 Å². The SMILES string of the molecule is O=C1c2ccccc2C(=O)c2c1ccc(CN1CCCCC1)c2O. The van der Waals surface area contributed by atoms with Gasteiger partial charge in [0, 0.05) is 28.8 Å². The first-order chi connectivity index (χ1) is 11.7. The van der Waals surface area contributed by atoms with Gasteiger partial charge in [-0.3, -0.25) is 14.5 Å². The molecule has 0 saturated carbocycles. The molecule has 0 bridgehead atoms. The highest BCUT2D eigenvalue weighted by Gasteiger charge is 2.32. The highest BCUT2D eigenvalue weighted by Crippen LogP contribution is 2.35. The Balaban J connectivity index is 1.75. The minimum absolute atomic E-state index is 0.0362. The number of carbonyl (C=O) groups excluding carboxylic acids is 2. The van der Waals surface area contributed by atoms with Crippen molar-refractivity contribution in [1.29, 1.82) is 0 Å². The molecular formula is C20H19NO3. The number of piperidine rings is 1. The number of ketones is 2. The summed E-state index contributed by atoms with van der Waals surface area (Å²) in [6, 6.07) is 10.3. The fraction of sp³-hybridized carbons (Fsp3) is 0.300. The number of fused-ring (bicyclic) bond motifs is 2. The molecule has 24 heavy (non-hydrogen) atoms. The number of benzene rings is 2. The van der Waals surface area contributed by atoms with E-state index in [2.05, 4.69) is 4.90 Å². The minimum Gasteiger partial charge on any atom is -0.507 e. The first-order valence-corrected chi connectivity index (χ1v) is 8.42. The fourth-order valence-corrected chi connectivity index (χ4v) is 3.70. The van der Waals surface area contributed by atoms with Gasteiger partial charge in [-0.25, -0.2) is 0 Å². The highest BCUT2D eigenvalue weighted by molar-refractivity contribution is 6.29. The smallest absolute Gasteiger partial charge is 0.198 e. The maximum Gasteiger partial charge on any atom is 0.198 e. The van der Waals surface area contributed by atoms with Gasteiger partial charge in [0.15, 0.2) is 11.6 Å². The van der Waals surface area contributed by atoms with Gasteiger partial charge in [0.05, 0.1) is 5.56 Å². The third-order valence-electron chi connectivity index (χ3n) is 4.99. The Kier molecular flexibility index (Phi) is 3.69. The standard InChI is InChI=1S/C20H19NO3/c22-18-13(12-21-10-4-1-5-11-21)8-9-16-17(18)20(24)15-7-3-2-6-14(15)19(16)23/h2-3,6-9,22H,1,4-5,10-12H2. The van der Waals surface area contributed by atoms with Gasteiger partial charge in [0.25, 0.3) is 0 Å². The van der Waals surface area contributed by atoms with E-state index < -0.39 is 0 Å². The molecule has 0 spiro atoms. The normalized spacial score (nSPS) is 17.5. The molecule has 2 aromatic rings. The molecule has 1 heterocycles. The van der Waals surface area contributed by atoms with Crippen LogP contribution >= 0.6 is 0 Å². The summed E-state index contributed by atoms with van der Waals surface area (Å²) in [5.74, 6) is -0.496. The van der Waals surface area contributed by atoms with E-state index in [0.29, 0.717) is 23.2 Å². The summed E-state index contributed by atoms with van der Waals surface area (Å²) >= 11 is 0. The molecule has 1 aliphatic carbocycles. The predicted molar refractivity (Wildman–Crippen MR) is 90.5 cm³/mol. The van der Waals surface area contributed by atoms with E-state index in [4.69, 9.17) is 0 Å². The van der Waals surface area contributed by atoms with E-state index >= 15 is 0 Å². The minimum atomic E-state index is -0.266. The summed E-state index contributed by atoms with van der Waals surface area (Å²) < 4.78 is 0. The van der Waals surface area contributed by atoms with Crippen molar-refractivity contribution in [2.45, 2.75) is 25.8 Å². The molecule has 1 aliphatic heterocycles. The number of phenolic OH excluding ortho intramolecular Hbond substituents is 1. The number of carbonyl (C=O) groups is 2. The third-order valence-corrected chi connectivity index (χ3v) is 4.99. The van der Waals surface area contributed by atoms with Gasteiger partial charge in [-0.15, -0.1) is 0 Å². The van der Waals surface area contributed by atoms with Gasteiger partial charge < -0.3 is 5.11 Å². The average molecular weight is 321 g/mol. The van der Waals surface area contributed by atoms with Crippen LogP contribution in [-0.4, -0.2) is 34.7 Å². The van der Waals surface area contributed by atoms with Gasteiger partial charge in [0.2, 0.25) is 0 Å². The molecule has 0 radical (unpaired) electrons. The number of nitrogens with zero attached hydrogens (tertiary/aromatic N) is 1. The van der Waals surface area contributed by atoms with Gasteiger partial charge in [-0.2, -0.15) is 0 Å². The van der Waals surface area contributed by atoms with Crippen LogP contribution in [0.1, 0.15) is 56.7 Å². The van der Waals surface area contributed by atoms with Crippen LogP contribution in [0, 0.1) is 0 Å². The molecule has 1 fully saturated rings. The zero-order chi connectivity index (χ0) is 16.7. The van der Waals surface area contributed by atoms with Crippen molar-refractivity contribution >= 4 is 11.6 Å². The van der Waals surface area contributed by atoms with Crippen molar-refractivity contribution in [2.75, 3.05) is 13.1 Å². The number of rotatable bonds is 2. The van der Waals surface area contributed by atoms with Crippen molar-refractivity contribution in [1.82, 2.24) is 4.90 Å². The topological polar surface area (TPSA) is 57.6 Å². The van der Waals surface area contributed by atoms with Crippen LogP contribution < -0.4 is 0 Å². The van der Waals surface area contributed by atoms with E-state index in [1.54, 1.807) is 36.4 Å². The van der Waals surface area contributed by atoms with Gasteiger partial charge >= 0.3 is 0 Å². The molecule has 2 aliphatic rings. The first kappa shape index (κ1) is 15.1. The lowest BCUT2D eigenvalue weighted by molar-refractivity contribution is 0.0976. The fourth-order valence-electron chi connectivity index (χ4n) is 3.70. The molecule has 2 aromatic carbocycles. The lowest BCUT2D eigenvalue weighted by Crippen LogP contribution is -2.29. The van der Waals surface area contributed by atoms with Crippen molar-refractivity contribution in [3.63, 3.8) is 0 Å². The Hall–Kier alpha value is -2.46. The lowest BCUT2D eigenvalue weighted by atomic mass is 9.82. The summed E-state index contributed by atoms with van der Waals surface area (Å²) in [5, 5.41) is 10.7. The Morgan fingerprint density at radius 2 is 1.50 bits per heavy atom. The quantitative estimate of drug-likeness (QED) is 0.788. The Morgan fingerprint density at radius 3 is 2.21 bits per heavy atom. The zero-order valence-corrected chi connectivity index (χ0v) is 13.4. The third kappa shape index (κ3) is 2.34. The van der Waals surface area contributed by atoms with Crippen molar-refractivity contribution < 1.29 is 14.7 Å². The molecule has 1 saturated heterocycles. The number of likely N-dealkylation sites (tertiary alicyclic amines) is 1. The van der Waals surface area contributed by atoms with Crippen molar-refractivity contribution in [2.24, 2.45) is 0 Å². The van der Waals surface area contributed by atoms with E-state index in [-0.39, 0.29) is 22.9 Å². The number of hydrogen-bond acceptors (Lipinski definition) is 4. The van der Waals surface area contributed by atoms with Crippen LogP contribution in [0.5, 0.6) is 5.75 Å². The van der Waals surface area contributed by atoms with Crippen LogP contribution in [0.2, 0.25) is 0 Å². The Labute approximate surface area is 140 Å². The van der Waals surface area contributed by atoms with E-state index in [9.17, 15) is 14.7 Å². The van der Waals surface area contributed by atoms with Crippen LogP contribution in [-0.2, 0) is 6.54 Å². The van der Waals surface area contributed by atoms with Crippen molar-refractivity contribution in [3.8, 4) is 5.75 Å². The molecular weight excluding hydrogens is 302 g/mol. The van der Waals surface area contributed by atoms with Gasteiger partial charge in [-0.1, -0.05) is 36.8 Å². The molecule has 0 atom stereocenters. The van der Waals surface area contributed by atoms with Gasteiger partial charge in [-0.05, 0) is 32.0 Å². The largest absolute Gasteiger partial charge is 0.507 e. The molecule has 0 unspecified atom stereocenters. The number of phenols is 1. The Morgan fingerprint density at radius 1 is 0.833 bits per heavy atom. The molecule has 0 amide bonds. The summed E-state index contributed by atoms with van der Waals surface area (Å²) in [7, 11) is 0. The second-order valence-electron chi connectivity index (χ2n) is 6.54. The van der Waals surface area contributed by atoms with E-state index in [0.717, 1.165) is 31.5 Å². The van der Waals surface area contributed by atoms with Crippen molar-refractivity contribution in [3.05, 3.63) is 64.2 Å². The molecule has 122 valence electrons. The van der Waals surface area contributed by atoms with Gasteiger partial charge in [0.1, 0.15) is 5.75 Å². The molecule has 4 nitrogen and oxygen atoms in total. The summed E-state index contributed by atoms with van der Waals surface area (Å²) in [6.07, 6.45) is 3.57. The first-order valence-electron chi connectivity index (χ1n) is 8.42. The highest BCUT2D eigenvalue weighted by atomic mass is 16.3.